The molecule has 0 spiro atoms. The summed E-state index contributed by atoms with van der Waals surface area (Å²) in [6.45, 7) is 0. The molecule has 2 aromatic carbocycles. The van der Waals surface area contributed by atoms with Gasteiger partial charge in [0.05, 0.1) is 22.8 Å². The molecule has 0 aliphatic rings. The molecule has 6 nitrogen and oxygen atoms in total. The lowest BCUT2D eigenvalue weighted by atomic mass is 10.3. The number of carbonyl (C=O) groups excluding carboxylic acids is 1. The summed E-state index contributed by atoms with van der Waals surface area (Å²) in [5.41, 5.74) is 1.40. The molecule has 0 aliphatic carbocycles. The standard InChI is InChI=1S/C18H14Cl2N4O2/c1-26-16-8-6-11(10-13(16)20)21-17-9-7-15(23-24-17)18(25)22-14-5-3-2-4-12(14)19/h2-10H,1H3,(H,21,24)(H,22,25). The molecule has 3 aromatic rings. The molecule has 0 radical (unpaired) electrons. The summed E-state index contributed by atoms with van der Waals surface area (Å²) in [6.07, 6.45) is 0. The smallest absolute Gasteiger partial charge is 0.276 e. The Hall–Kier alpha value is -2.83. The van der Waals surface area contributed by atoms with Crippen LogP contribution in [0.3, 0.4) is 0 Å². The van der Waals surface area contributed by atoms with E-state index in [1.807, 2.05) is 0 Å². The second-order valence-electron chi connectivity index (χ2n) is 5.21. The number of methoxy groups -OCH3 is 1. The second-order valence-corrected chi connectivity index (χ2v) is 6.03. The summed E-state index contributed by atoms with van der Waals surface area (Å²) < 4.78 is 5.11. The highest BCUT2D eigenvalue weighted by Crippen LogP contribution is 2.28. The Morgan fingerprint density at radius 3 is 2.46 bits per heavy atom. The number of nitrogens with zero attached hydrogens (tertiary/aromatic N) is 2. The fraction of sp³-hybridized carbons (Fsp3) is 0.0556. The lowest BCUT2D eigenvalue weighted by Crippen LogP contribution is -2.14. The maximum absolute atomic E-state index is 12.2. The van der Waals surface area contributed by atoms with Gasteiger partial charge in [0.1, 0.15) is 5.75 Å². The minimum Gasteiger partial charge on any atom is -0.495 e. The Kier molecular flexibility index (Phi) is 5.55. The van der Waals surface area contributed by atoms with Gasteiger partial charge in [-0.25, -0.2) is 0 Å². The first-order valence-electron chi connectivity index (χ1n) is 7.57. The summed E-state index contributed by atoms with van der Waals surface area (Å²) in [5, 5.41) is 14.6. The summed E-state index contributed by atoms with van der Waals surface area (Å²) in [6, 6.07) is 15.4. The van der Waals surface area contributed by atoms with Crippen molar-refractivity contribution in [3.63, 3.8) is 0 Å². The van der Waals surface area contributed by atoms with E-state index >= 15 is 0 Å². The average molecular weight is 389 g/mol. The molecule has 0 saturated heterocycles. The number of halogens is 2. The van der Waals surface area contributed by atoms with Gasteiger partial charge in [0.25, 0.3) is 5.91 Å². The van der Waals surface area contributed by atoms with Crippen LogP contribution in [0.1, 0.15) is 10.5 Å². The van der Waals surface area contributed by atoms with Crippen molar-refractivity contribution in [1.82, 2.24) is 10.2 Å². The molecule has 2 N–H and O–H groups in total. The predicted molar refractivity (Wildman–Crippen MR) is 103 cm³/mol. The first kappa shape index (κ1) is 18.0. The van der Waals surface area contributed by atoms with E-state index in [4.69, 9.17) is 27.9 Å². The summed E-state index contributed by atoms with van der Waals surface area (Å²) in [4.78, 5) is 12.2. The minimum atomic E-state index is -0.398. The quantitative estimate of drug-likeness (QED) is 0.656. The lowest BCUT2D eigenvalue weighted by molar-refractivity contribution is 0.102. The van der Waals surface area contributed by atoms with Gasteiger partial charge in [-0.1, -0.05) is 35.3 Å². The largest absolute Gasteiger partial charge is 0.495 e. The van der Waals surface area contributed by atoms with Crippen LogP contribution in [0.4, 0.5) is 17.2 Å². The van der Waals surface area contributed by atoms with Gasteiger partial charge in [-0.15, -0.1) is 10.2 Å². The molecule has 0 fully saturated rings. The van der Waals surface area contributed by atoms with Gasteiger partial charge in [0, 0.05) is 5.69 Å². The van der Waals surface area contributed by atoms with Gasteiger partial charge < -0.3 is 15.4 Å². The normalized spacial score (nSPS) is 10.3. The SMILES string of the molecule is COc1ccc(Nc2ccc(C(=O)Nc3ccccc3Cl)nn2)cc1Cl. The third kappa shape index (κ3) is 4.22. The lowest BCUT2D eigenvalue weighted by Gasteiger charge is -2.09. The van der Waals surface area contributed by atoms with E-state index < -0.39 is 5.91 Å². The van der Waals surface area contributed by atoms with Crippen LogP contribution in [0, 0.1) is 0 Å². The number of anilines is 3. The van der Waals surface area contributed by atoms with Crippen LogP contribution in [0.15, 0.2) is 54.6 Å². The van der Waals surface area contributed by atoms with Crippen molar-refractivity contribution >= 4 is 46.3 Å². The van der Waals surface area contributed by atoms with E-state index in [1.165, 1.54) is 0 Å². The van der Waals surface area contributed by atoms with Crippen molar-refractivity contribution in [2.24, 2.45) is 0 Å². The van der Waals surface area contributed by atoms with Crippen molar-refractivity contribution < 1.29 is 9.53 Å². The number of aromatic nitrogens is 2. The average Bonchev–Trinajstić information content (AvgIpc) is 2.64. The van der Waals surface area contributed by atoms with Crippen LogP contribution in [0.5, 0.6) is 5.75 Å². The Balaban J connectivity index is 1.69. The number of nitrogens with one attached hydrogen (secondary N) is 2. The third-order valence-electron chi connectivity index (χ3n) is 3.44. The Labute approximate surface area is 160 Å². The number of para-hydroxylation sites is 1. The van der Waals surface area contributed by atoms with Crippen molar-refractivity contribution in [2.75, 3.05) is 17.7 Å². The second kappa shape index (κ2) is 8.03. The molecule has 0 atom stereocenters. The van der Waals surface area contributed by atoms with Gasteiger partial charge >= 0.3 is 0 Å². The highest BCUT2D eigenvalue weighted by Gasteiger charge is 2.11. The molecule has 1 heterocycles. The molecule has 0 aliphatic heterocycles. The zero-order valence-electron chi connectivity index (χ0n) is 13.7. The molecule has 0 bridgehead atoms. The fourth-order valence-corrected chi connectivity index (χ4v) is 2.60. The summed E-state index contributed by atoms with van der Waals surface area (Å²) in [7, 11) is 1.55. The number of hydrogen-bond acceptors (Lipinski definition) is 5. The van der Waals surface area contributed by atoms with E-state index in [-0.39, 0.29) is 5.69 Å². The molecule has 3 rings (SSSR count). The molecule has 1 aromatic heterocycles. The maximum Gasteiger partial charge on any atom is 0.276 e. The Morgan fingerprint density at radius 1 is 1.00 bits per heavy atom. The van der Waals surface area contributed by atoms with Crippen LogP contribution < -0.4 is 15.4 Å². The van der Waals surface area contributed by atoms with Crippen molar-refractivity contribution in [2.45, 2.75) is 0 Å². The van der Waals surface area contributed by atoms with Crippen molar-refractivity contribution in [1.29, 1.82) is 0 Å². The monoisotopic (exact) mass is 388 g/mol. The molecule has 0 saturated carbocycles. The molecule has 8 heteroatoms. The first-order valence-corrected chi connectivity index (χ1v) is 8.32. The maximum atomic E-state index is 12.2. The molecule has 132 valence electrons. The van der Waals surface area contributed by atoms with E-state index in [0.29, 0.717) is 27.3 Å². The molecular weight excluding hydrogens is 375 g/mol. The third-order valence-corrected chi connectivity index (χ3v) is 4.07. The number of ether oxygens (including phenoxy) is 1. The van der Waals surface area contributed by atoms with E-state index in [9.17, 15) is 4.79 Å². The first-order chi connectivity index (χ1) is 12.6. The van der Waals surface area contributed by atoms with E-state index in [2.05, 4.69) is 20.8 Å². The minimum absolute atomic E-state index is 0.170. The van der Waals surface area contributed by atoms with Gasteiger partial charge in [0.15, 0.2) is 11.5 Å². The van der Waals surface area contributed by atoms with Crippen LogP contribution >= 0.6 is 23.2 Å². The number of hydrogen-bond donors (Lipinski definition) is 2. The number of rotatable bonds is 5. The van der Waals surface area contributed by atoms with Crippen LogP contribution in [0.2, 0.25) is 10.0 Å². The molecule has 1 amide bonds. The molecule has 0 unspecified atom stereocenters. The van der Waals surface area contributed by atoms with Crippen LogP contribution in [0.25, 0.3) is 0 Å². The van der Waals surface area contributed by atoms with Crippen LogP contribution in [-0.4, -0.2) is 23.2 Å². The zero-order chi connectivity index (χ0) is 18.5. The van der Waals surface area contributed by atoms with E-state index in [0.717, 1.165) is 5.69 Å². The van der Waals surface area contributed by atoms with Crippen LogP contribution in [-0.2, 0) is 0 Å². The van der Waals surface area contributed by atoms with Gasteiger partial charge in [0.2, 0.25) is 0 Å². The molecule has 26 heavy (non-hydrogen) atoms. The predicted octanol–water partition coefficient (Wildman–Crippen LogP) is 4.79. The number of carbonyl (C=O) groups is 1. The highest BCUT2D eigenvalue weighted by atomic mass is 35.5. The van der Waals surface area contributed by atoms with Gasteiger partial charge in [-0.2, -0.15) is 0 Å². The number of benzene rings is 2. The Bertz CT molecular complexity index is 933. The topological polar surface area (TPSA) is 76.1 Å². The van der Waals surface area contributed by atoms with Gasteiger partial charge in [-0.05, 0) is 42.5 Å². The Morgan fingerprint density at radius 2 is 1.81 bits per heavy atom. The molecular formula is C18H14Cl2N4O2. The fourth-order valence-electron chi connectivity index (χ4n) is 2.16. The highest BCUT2D eigenvalue weighted by molar-refractivity contribution is 6.34. The number of amides is 1. The van der Waals surface area contributed by atoms with E-state index in [1.54, 1.807) is 61.7 Å². The summed E-state index contributed by atoms with van der Waals surface area (Å²) in [5.74, 6) is 0.653. The zero-order valence-corrected chi connectivity index (χ0v) is 15.2. The van der Waals surface area contributed by atoms with Gasteiger partial charge in [-0.3, -0.25) is 4.79 Å². The summed E-state index contributed by atoms with van der Waals surface area (Å²) >= 11 is 12.1. The van der Waals surface area contributed by atoms with Crippen molar-refractivity contribution in [3.8, 4) is 5.75 Å². The van der Waals surface area contributed by atoms with Crippen molar-refractivity contribution in [3.05, 3.63) is 70.3 Å².